The molecule has 1 heterocycles. The molecule has 0 fully saturated rings. The second kappa shape index (κ2) is 6.31. The first-order valence-corrected chi connectivity index (χ1v) is 4.88. The lowest BCUT2D eigenvalue weighted by atomic mass is 10.4. The third-order valence-corrected chi connectivity index (χ3v) is 1.83. The van der Waals surface area contributed by atoms with Crippen LogP contribution in [-0.2, 0) is 4.79 Å². The van der Waals surface area contributed by atoms with E-state index < -0.39 is 12.0 Å². The lowest BCUT2D eigenvalue weighted by Gasteiger charge is -2.06. The number of hydrogen-bond acceptors (Lipinski definition) is 4. The highest BCUT2D eigenvalue weighted by molar-refractivity contribution is 5.89. The van der Waals surface area contributed by atoms with E-state index in [4.69, 9.17) is 9.84 Å². The van der Waals surface area contributed by atoms with Gasteiger partial charge in [0.15, 0.2) is 0 Å². The van der Waals surface area contributed by atoms with Crippen molar-refractivity contribution in [1.82, 2.24) is 10.3 Å². The van der Waals surface area contributed by atoms with Crippen molar-refractivity contribution in [2.45, 2.75) is 6.42 Å². The molecule has 0 spiro atoms. The Bertz CT molecular complexity index is 391. The molecule has 0 saturated carbocycles. The average molecular weight is 239 g/mol. The number of hydrogen-bond donors (Lipinski definition) is 3. The number of carbonyl (C=O) groups is 2. The van der Waals surface area contributed by atoms with Crippen LogP contribution >= 0.6 is 0 Å². The van der Waals surface area contributed by atoms with Gasteiger partial charge in [-0.1, -0.05) is 0 Å². The first-order valence-electron chi connectivity index (χ1n) is 4.88. The van der Waals surface area contributed by atoms with Gasteiger partial charge in [0.1, 0.15) is 0 Å². The summed E-state index contributed by atoms with van der Waals surface area (Å²) in [5, 5.41) is 13.3. The first kappa shape index (κ1) is 12.8. The summed E-state index contributed by atoms with van der Waals surface area (Å²) in [6.45, 7) is 0.0742. The minimum atomic E-state index is -0.962. The summed E-state index contributed by atoms with van der Waals surface area (Å²) < 4.78 is 4.86. The van der Waals surface area contributed by atoms with Gasteiger partial charge in [-0.3, -0.25) is 4.79 Å². The van der Waals surface area contributed by atoms with Crippen molar-refractivity contribution in [3.63, 3.8) is 0 Å². The number of pyridine rings is 1. The molecular formula is C10H13N3O4. The van der Waals surface area contributed by atoms with E-state index in [-0.39, 0.29) is 13.0 Å². The Morgan fingerprint density at radius 3 is 2.76 bits per heavy atom. The third kappa shape index (κ3) is 4.83. The summed E-state index contributed by atoms with van der Waals surface area (Å²) in [6.07, 6.45) is 1.32. The van der Waals surface area contributed by atoms with Crippen LogP contribution in [0.4, 0.5) is 10.5 Å². The number of amides is 2. The summed E-state index contributed by atoms with van der Waals surface area (Å²) in [6, 6.07) is 2.76. The monoisotopic (exact) mass is 239 g/mol. The number of carboxylic acid groups (broad SMARTS) is 1. The summed E-state index contributed by atoms with van der Waals surface area (Å²) >= 11 is 0. The zero-order chi connectivity index (χ0) is 12.7. The lowest BCUT2D eigenvalue weighted by Crippen LogP contribution is -2.30. The molecule has 0 saturated heterocycles. The number of carbonyl (C=O) groups excluding carboxylic acids is 1. The van der Waals surface area contributed by atoms with Gasteiger partial charge in [0.05, 0.1) is 25.4 Å². The van der Waals surface area contributed by atoms with E-state index in [1.807, 2.05) is 0 Å². The molecule has 7 nitrogen and oxygen atoms in total. The molecule has 1 rings (SSSR count). The fraction of sp³-hybridized carbons (Fsp3) is 0.300. The Morgan fingerprint density at radius 2 is 2.24 bits per heavy atom. The highest BCUT2D eigenvalue weighted by Gasteiger charge is 2.03. The van der Waals surface area contributed by atoms with Gasteiger partial charge in [0, 0.05) is 12.6 Å². The molecule has 0 aromatic carbocycles. The number of aliphatic carboxylic acids is 1. The number of rotatable bonds is 5. The minimum absolute atomic E-state index is 0.0742. The molecule has 0 bridgehead atoms. The first-order chi connectivity index (χ1) is 8.11. The number of nitrogens with zero attached hydrogens (tertiary/aromatic N) is 1. The molecule has 0 aliphatic heterocycles. The molecular weight excluding hydrogens is 226 g/mol. The fourth-order valence-corrected chi connectivity index (χ4v) is 1.03. The van der Waals surface area contributed by atoms with Crippen molar-refractivity contribution in [1.29, 1.82) is 0 Å². The van der Waals surface area contributed by atoms with Crippen molar-refractivity contribution >= 4 is 17.7 Å². The number of anilines is 1. The fourth-order valence-electron chi connectivity index (χ4n) is 1.03. The van der Waals surface area contributed by atoms with E-state index in [9.17, 15) is 9.59 Å². The Morgan fingerprint density at radius 1 is 1.47 bits per heavy atom. The van der Waals surface area contributed by atoms with Crippen LogP contribution in [0.15, 0.2) is 18.3 Å². The van der Waals surface area contributed by atoms with Gasteiger partial charge in [0.25, 0.3) is 0 Å². The smallest absolute Gasteiger partial charge is 0.319 e. The standard InChI is InChI=1S/C10H13N3O4/c1-17-8-3-2-7(6-12-8)13-10(16)11-5-4-9(14)15/h2-3,6H,4-5H2,1H3,(H,14,15)(H2,11,13,16). The van der Waals surface area contributed by atoms with E-state index in [1.54, 1.807) is 12.1 Å². The van der Waals surface area contributed by atoms with Crippen molar-refractivity contribution < 1.29 is 19.4 Å². The summed E-state index contributed by atoms with van der Waals surface area (Å²) in [4.78, 5) is 25.4. The van der Waals surface area contributed by atoms with Crippen LogP contribution in [0.1, 0.15) is 6.42 Å². The zero-order valence-corrected chi connectivity index (χ0v) is 9.27. The molecule has 92 valence electrons. The maximum Gasteiger partial charge on any atom is 0.319 e. The van der Waals surface area contributed by atoms with Crippen LogP contribution < -0.4 is 15.4 Å². The maximum atomic E-state index is 11.3. The Kier molecular flexibility index (Phi) is 4.74. The zero-order valence-electron chi connectivity index (χ0n) is 9.27. The lowest BCUT2D eigenvalue weighted by molar-refractivity contribution is -0.136. The van der Waals surface area contributed by atoms with Gasteiger partial charge in [-0.05, 0) is 6.07 Å². The van der Waals surface area contributed by atoms with E-state index in [1.165, 1.54) is 13.3 Å². The van der Waals surface area contributed by atoms with Crippen molar-refractivity contribution in [3.8, 4) is 5.88 Å². The number of aromatic nitrogens is 1. The van der Waals surface area contributed by atoms with E-state index in [0.29, 0.717) is 11.6 Å². The number of nitrogens with one attached hydrogen (secondary N) is 2. The van der Waals surface area contributed by atoms with Crippen LogP contribution in [0.3, 0.4) is 0 Å². The highest BCUT2D eigenvalue weighted by Crippen LogP contribution is 2.10. The quantitative estimate of drug-likeness (QED) is 0.701. The maximum absolute atomic E-state index is 11.3. The number of urea groups is 1. The van der Waals surface area contributed by atoms with Crippen LogP contribution in [0.25, 0.3) is 0 Å². The molecule has 17 heavy (non-hydrogen) atoms. The Labute approximate surface area is 97.8 Å². The van der Waals surface area contributed by atoms with Crippen molar-refractivity contribution in [2.24, 2.45) is 0 Å². The summed E-state index contributed by atoms with van der Waals surface area (Å²) in [5.74, 6) is -0.516. The molecule has 0 radical (unpaired) electrons. The van der Waals surface area contributed by atoms with E-state index >= 15 is 0 Å². The molecule has 0 unspecified atom stereocenters. The van der Waals surface area contributed by atoms with Crippen LogP contribution in [0, 0.1) is 0 Å². The topological polar surface area (TPSA) is 101 Å². The largest absolute Gasteiger partial charge is 0.481 e. The third-order valence-electron chi connectivity index (χ3n) is 1.83. The van der Waals surface area contributed by atoms with Gasteiger partial charge in [0.2, 0.25) is 5.88 Å². The molecule has 1 aromatic rings. The molecule has 2 amide bonds. The second-order valence-electron chi connectivity index (χ2n) is 3.11. The van der Waals surface area contributed by atoms with Gasteiger partial charge in [-0.2, -0.15) is 0 Å². The Hall–Kier alpha value is -2.31. The van der Waals surface area contributed by atoms with Gasteiger partial charge in [-0.15, -0.1) is 0 Å². The molecule has 1 aromatic heterocycles. The van der Waals surface area contributed by atoms with Crippen LogP contribution in [0.2, 0.25) is 0 Å². The van der Waals surface area contributed by atoms with Crippen LogP contribution in [0.5, 0.6) is 5.88 Å². The predicted molar refractivity (Wildman–Crippen MR) is 60.1 cm³/mol. The molecule has 0 atom stereocenters. The average Bonchev–Trinajstić information content (AvgIpc) is 2.29. The minimum Gasteiger partial charge on any atom is -0.481 e. The number of methoxy groups -OCH3 is 1. The summed E-state index contributed by atoms with van der Waals surface area (Å²) in [7, 11) is 1.49. The summed E-state index contributed by atoms with van der Waals surface area (Å²) in [5.41, 5.74) is 0.499. The van der Waals surface area contributed by atoms with Crippen LogP contribution in [-0.4, -0.2) is 35.7 Å². The SMILES string of the molecule is COc1ccc(NC(=O)NCCC(=O)O)cn1. The Balaban J connectivity index is 2.37. The second-order valence-corrected chi connectivity index (χ2v) is 3.11. The van der Waals surface area contributed by atoms with Gasteiger partial charge in [-0.25, -0.2) is 9.78 Å². The normalized spacial score (nSPS) is 9.47. The highest BCUT2D eigenvalue weighted by atomic mass is 16.5. The predicted octanol–water partition coefficient (Wildman–Crippen LogP) is 0.686. The van der Waals surface area contributed by atoms with Crippen molar-refractivity contribution in [2.75, 3.05) is 19.0 Å². The van der Waals surface area contributed by atoms with E-state index in [2.05, 4.69) is 15.6 Å². The number of ether oxygens (including phenoxy) is 1. The van der Waals surface area contributed by atoms with E-state index in [0.717, 1.165) is 0 Å². The van der Waals surface area contributed by atoms with Gasteiger partial charge < -0.3 is 20.5 Å². The number of carboxylic acids is 1. The van der Waals surface area contributed by atoms with Gasteiger partial charge >= 0.3 is 12.0 Å². The molecule has 3 N–H and O–H groups in total. The molecule has 7 heteroatoms. The molecule has 0 aliphatic rings. The molecule has 0 aliphatic carbocycles. The van der Waals surface area contributed by atoms with Crippen molar-refractivity contribution in [3.05, 3.63) is 18.3 Å².